The number of alkyl halides is 3. The summed E-state index contributed by atoms with van der Waals surface area (Å²) in [4.78, 5) is 12.0. The fourth-order valence-electron chi connectivity index (χ4n) is 2.74. The molecule has 6 nitrogen and oxygen atoms in total. The summed E-state index contributed by atoms with van der Waals surface area (Å²) in [5, 5.41) is 4.17. The van der Waals surface area contributed by atoms with Gasteiger partial charge in [0.15, 0.2) is 0 Å². The normalized spacial score (nSPS) is 23.5. The van der Waals surface area contributed by atoms with E-state index < -0.39 is 30.4 Å². The van der Waals surface area contributed by atoms with Crippen LogP contribution in [-0.2, 0) is 14.1 Å². The summed E-state index contributed by atoms with van der Waals surface area (Å²) in [6, 6.07) is 1.40. The summed E-state index contributed by atoms with van der Waals surface area (Å²) in [6.07, 6.45) is -3.29. The van der Waals surface area contributed by atoms with Crippen LogP contribution in [-0.4, -0.2) is 58.2 Å². The monoisotopic (exact) mass is 345 g/mol. The van der Waals surface area contributed by atoms with Crippen LogP contribution in [0.1, 0.15) is 33.7 Å². The van der Waals surface area contributed by atoms with E-state index >= 15 is 0 Å². The van der Waals surface area contributed by atoms with E-state index in [1.165, 1.54) is 0 Å². The molecule has 0 aromatic carbocycles. The Morgan fingerprint density at radius 1 is 1.25 bits per heavy atom. The van der Waals surface area contributed by atoms with Gasteiger partial charge in [-0.2, -0.15) is 18.3 Å². The van der Waals surface area contributed by atoms with Crippen LogP contribution in [0, 0.1) is 0 Å². The van der Waals surface area contributed by atoms with Gasteiger partial charge in [-0.05, 0) is 33.8 Å². The third-order valence-electron chi connectivity index (χ3n) is 4.93. The Labute approximate surface area is 138 Å². The predicted molar refractivity (Wildman–Crippen MR) is 79.6 cm³/mol. The van der Waals surface area contributed by atoms with Crippen molar-refractivity contribution in [3.63, 3.8) is 0 Å². The number of hydrogen-bond acceptors (Lipinski definition) is 4. The van der Waals surface area contributed by atoms with E-state index in [-0.39, 0.29) is 19.1 Å². The Bertz CT molecular complexity index is 637. The van der Waals surface area contributed by atoms with Crippen LogP contribution in [0.3, 0.4) is 0 Å². The van der Waals surface area contributed by atoms with Crippen LogP contribution in [0.4, 0.5) is 13.2 Å². The van der Waals surface area contributed by atoms with Gasteiger partial charge in [0.1, 0.15) is 0 Å². The topological polar surface area (TPSA) is 56.6 Å². The van der Waals surface area contributed by atoms with Gasteiger partial charge >= 0.3 is 19.2 Å². The van der Waals surface area contributed by atoms with Crippen molar-refractivity contribution in [3.8, 4) is 0 Å². The molecule has 0 radical (unpaired) electrons. The van der Waals surface area contributed by atoms with Crippen molar-refractivity contribution < 1.29 is 27.3 Å². The fourth-order valence-corrected chi connectivity index (χ4v) is 2.74. The van der Waals surface area contributed by atoms with Gasteiger partial charge in [0.2, 0.25) is 0 Å². The highest BCUT2D eigenvalue weighted by molar-refractivity contribution is 6.61. The number of halogens is 3. The van der Waals surface area contributed by atoms with Crippen molar-refractivity contribution in [2.45, 2.75) is 51.1 Å². The first-order valence-corrected chi connectivity index (χ1v) is 7.67. The number of aromatic nitrogens is 2. The molecule has 0 bridgehead atoms. The Balaban J connectivity index is 1.72. The average molecular weight is 345 g/mol. The molecular weight excluding hydrogens is 326 g/mol. The van der Waals surface area contributed by atoms with Crippen LogP contribution in [0.5, 0.6) is 0 Å². The zero-order valence-corrected chi connectivity index (χ0v) is 13.9. The van der Waals surface area contributed by atoms with Crippen molar-refractivity contribution in [3.05, 3.63) is 12.3 Å². The highest BCUT2D eigenvalue weighted by Crippen LogP contribution is 2.37. The first-order valence-electron chi connectivity index (χ1n) is 7.67. The number of likely N-dealkylation sites (tertiary alicyclic amines) is 1. The maximum atomic E-state index is 12.4. The molecule has 10 heteroatoms. The van der Waals surface area contributed by atoms with Crippen LogP contribution in [0.15, 0.2) is 12.3 Å². The summed E-state index contributed by atoms with van der Waals surface area (Å²) in [5.41, 5.74) is -0.409. The van der Waals surface area contributed by atoms with Gasteiger partial charge in [0, 0.05) is 19.3 Å². The molecule has 0 unspecified atom stereocenters. The highest BCUT2D eigenvalue weighted by Gasteiger charge is 2.54. The molecular formula is C14H19BF3N3O3. The summed E-state index contributed by atoms with van der Waals surface area (Å²) in [7, 11) is -0.648. The van der Waals surface area contributed by atoms with Crippen molar-refractivity contribution in [1.29, 1.82) is 0 Å². The first kappa shape index (κ1) is 17.3. The molecule has 2 saturated heterocycles. The Morgan fingerprint density at radius 2 is 1.79 bits per heavy atom. The minimum atomic E-state index is -4.84. The lowest BCUT2D eigenvalue weighted by atomic mass is 9.84. The second kappa shape index (κ2) is 5.22. The molecule has 1 aromatic heterocycles. The lowest BCUT2D eigenvalue weighted by molar-refractivity contribution is -0.191. The number of nitrogens with zero attached hydrogens (tertiary/aromatic N) is 3. The predicted octanol–water partition coefficient (Wildman–Crippen LogP) is 1.13. The molecule has 132 valence electrons. The number of carbonyl (C=O) groups is 1. The minimum absolute atomic E-state index is 0.0352. The van der Waals surface area contributed by atoms with E-state index in [2.05, 4.69) is 5.10 Å². The van der Waals surface area contributed by atoms with Crippen molar-refractivity contribution in [1.82, 2.24) is 14.7 Å². The van der Waals surface area contributed by atoms with Gasteiger partial charge in [0.05, 0.1) is 22.8 Å². The second-order valence-corrected chi connectivity index (χ2v) is 7.15. The molecule has 0 atom stereocenters. The number of rotatable bonds is 2. The molecule has 0 aliphatic carbocycles. The number of amides is 1. The maximum Gasteiger partial charge on any atom is 0.514 e. The Kier molecular flexibility index (Phi) is 3.76. The van der Waals surface area contributed by atoms with E-state index in [0.717, 1.165) is 4.90 Å². The van der Waals surface area contributed by atoms with E-state index in [9.17, 15) is 18.0 Å². The van der Waals surface area contributed by atoms with Gasteiger partial charge in [-0.25, -0.2) is 0 Å². The second-order valence-electron chi connectivity index (χ2n) is 7.15. The Morgan fingerprint density at radius 3 is 2.29 bits per heavy atom. The zero-order valence-electron chi connectivity index (χ0n) is 13.9. The molecule has 0 spiro atoms. The fraction of sp³-hybridized carbons (Fsp3) is 0.714. The van der Waals surface area contributed by atoms with Crippen LogP contribution in [0.25, 0.3) is 0 Å². The van der Waals surface area contributed by atoms with Gasteiger partial charge in [0.25, 0.3) is 0 Å². The van der Waals surface area contributed by atoms with Gasteiger partial charge in [-0.1, -0.05) is 0 Å². The maximum absolute atomic E-state index is 12.4. The van der Waals surface area contributed by atoms with Crippen LogP contribution < -0.4 is 5.59 Å². The molecule has 0 saturated carbocycles. The van der Waals surface area contributed by atoms with E-state index in [4.69, 9.17) is 9.31 Å². The van der Waals surface area contributed by atoms with E-state index in [1.807, 2.05) is 27.7 Å². The molecule has 3 rings (SSSR count). The minimum Gasteiger partial charge on any atom is -0.398 e. The highest BCUT2D eigenvalue weighted by atomic mass is 19.4. The SMILES string of the molecule is CC1(C)OB(c2ccnn2C2CN(C(=O)C(F)(F)F)C2)OC1(C)C. The van der Waals surface area contributed by atoms with Gasteiger partial charge < -0.3 is 14.2 Å². The summed E-state index contributed by atoms with van der Waals surface area (Å²) in [6.45, 7) is 7.60. The van der Waals surface area contributed by atoms with Gasteiger partial charge in [-0.3, -0.25) is 9.48 Å². The number of carbonyl (C=O) groups excluding carboxylic acids is 1. The summed E-state index contributed by atoms with van der Waals surface area (Å²) < 4.78 is 50.8. The lowest BCUT2D eigenvalue weighted by Crippen LogP contribution is -2.57. The molecule has 24 heavy (non-hydrogen) atoms. The third-order valence-corrected chi connectivity index (χ3v) is 4.93. The molecule has 3 heterocycles. The molecule has 1 aromatic rings. The van der Waals surface area contributed by atoms with Crippen molar-refractivity contribution >= 4 is 18.6 Å². The first-order chi connectivity index (χ1) is 10.9. The molecule has 2 aliphatic rings. The van der Waals surface area contributed by atoms with Crippen molar-refractivity contribution in [2.24, 2.45) is 0 Å². The Hall–Kier alpha value is -1.55. The summed E-state index contributed by atoms with van der Waals surface area (Å²) in [5.74, 6) is -1.82. The quantitative estimate of drug-likeness (QED) is 0.754. The molecule has 2 aliphatic heterocycles. The van der Waals surface area contributed by atoms with Crippen LogP contribution >= 0.6 is 0 Å². The largest absolute Gasteiger partial charge is 0.514 e. The smallest absolute Gasteiger partial charge is 0.398 e. The van der Waals surface area contributed by atoms with E-state index in [0.29, 0.717) is 5.59 Å². The summed E-state index contributed by atoms with van der Waals surface area (Å²) >= 11 is 0. The van der Waals surface area contributed by atoms with Crippen LogP contribution in [0.2, 0.25) is 0 Å². The lowest BCUT2D eigenvalue weighted by Gasteiger charge is -2.40. The molecule has 2 fully saturated rings. The molecule has 0 N–H and O–H groups in total. The third kappa shape index (κ3) is 2.71. The number of hydrogen-bond donors (Lipinski definition) is 0. The average Bonchev–Trinajstić information content (AvgIpc) is 2.90. The van der Waals surface area contributed by atoms with Gasteiger partial charge in [-0.15, -0.1) is 0 Å². The van der Waals surface area contributed by atoms with E-state index in [1.54, 1.807) is 16.9 Å². The standard InChI is InChI=1S/C14H19BF3N3O3/c1-12(2)13(3,4)24-15(23-12)10-5-6-19-21(10)9-7-20(8-9)11(22)14(16,17)18/h5-6,9H,7-8H2,1-4H3. The van der Waals surface area contributed by atoms with Crippen molar-refractivity contribution in [2.75, 3.05) is 13.1 Å². The molecule has 1 amide bonds. The zero-order chi connectivity index (χ0) is 17.9.